The van der Waals surface area contributed by atoms with Crippen molar-refractivity contribution in [1.82, 2.24) is 9.55 Å². The van der Waals surface area contributed by atoms with Crippen molar-refractivity contribution < 1.29 is 9.53 Å². The number of hydrogen-bond donors (Lipinski definition) is 0. The summed E-state index contributed by atoms with van der Waals surface area (Å²) in [5.41, 5.74) is 1.47. The van der Waals surface area contributed by atoms with Crippen molar-refractivity contribution in [2.45, 2.75) is 69.0 Å². The van der Waals surface area contributed by atoms with Crippen LogP contribution in [0.3, 0.4) is 0 Å². The minimum Gasteiger partial charge on any atom is -0.459 e. The predicted octanol–water partition coefficient (Wildman–Crippen LogP) is 4.41. The average molecular weight is 332 g/mol. The van der Waals surface area contributed by atoms with Crippen molar-refractivity contribution in [2.75, 3.05) is 0 Å². The summed E-state index contributed by atoms with van der Waals surface area (Å²) in [5.74, 6) is -0.214. The molecule has 1 aromatic carbocycles. The van der Waals surface area contributed by atoms with Crippen molar-refractivity contribution in [3.63, 3.8) is 0 Å². The van der Waals surface area contributed by atoms with Gasteiger partial charge in [-0.05, 0) is 45.7 Å². The summed E-state index contributed by atoms with van der Waals surface area (Å²) in [6.45, 7) is 5.90. The van der Waals surface area contributed by atoms with Crippen LogP contribution in [0.5, 0.6) is 0 Å². The van der Waals surface area contributed by atoms with Gasteiger partial charge in [-0.1, -0.05) is 36.7 Å². The highest BCUT2D eigenvalue weighted by molar-refractivity contribution is 7.99. The van der Waals surface area contributed by atoms with E-state index in [1.165, 1.54) is 25.7 Å². The van der Waals surface area contributed by atoms with Gasteiger partial charge in [-0.2, -0.15) is 0 Å². The lowest BCUT2D eigenvalue weighted by atomic mass is 10.2. The highest BCUT2D eigenvalue weighted by atomic mass is 32.2. The van der Waals surface area contributed by atoms with E-state index in [1.54, 1.807) is 0 Å². The van der Waals surface area contributed by atoms with Crippen LogP contribution in [0.2, 0.25) is 0 Å². The van der Waals surface area contributed by atoms with Gasteiger partial charge >= 0.3 is 5.97 Å². The number of carbonyl (C=O) groups is 1. The third-order valence-electron chi connectivity index (χ3n) is 3.90. The van der Waals surface area contributed by atoms with E-state index in [-0.39, 0.29) is 12.5 Å². The number of carbonyl (C=O) groups excluding carboxylic acids is 1. The summed E-state index contributed by atoms with van der Waals surface area (Å²) in [6.07, 6.45) is 5.06. The lowest BCUT2D eigenvalue weighted by Gasteiger charge is -2.20. The highest BCUT2D eigenvalue weighted by Crippen LogP contribution is 2.35. The number of esters is 1. The highest BCUT2D eigenvalue weighted by Gasteiger charge is 2.23. The molecule has 0 unspecified atom stereocenters. The first kappa shape index (κ1) is 16.4. The molecular weight excluding hydrogens is 308 g/mol. The van der Waals surface area contributed by atoms with Gasteiger partial charge in [-0.25, -0.2) is 4.98 Å². The molecule has 4 nitrogen and oxygen atoms in total. The molecule has 0 atom stereocenters. The summed E-state index contributed by atoms with van der Waals surface area (Å²) < 4.78 is 7.49. The third-order valence-corrected chi connectivity index (χ3v) is 5.23. The molecule has 1 heterocycles. The minimum absolute atomic E-state index is 0.214. The molecule has 0 saturated heterocycles. The van der Waals surface area contributed by atoms with Crippen molar-refractivity contribution >= 4 is 28.8 Å². The van der Waals surface area contributed by atoms with Crippen LogP contribution in [0.15, 0.2) is 29.4 Å². The minimum atomic E-state index is -0.466. The molecule has 5 heteroatoms. The number of nitrogens with zero attached hydrogens (tertiary/aromatic N) is 2. The molecule has 1 aliphatic carbocycles. The van der Waals surface area contributed by atoms with Crippen LogP contribution in [0.4, 0.5) is 0 Å². The van der Waals surface area contributed by atoms with E-state index in [0.717, 1.165) is 16.2 Å². The fourth-order valence-electron chi connectivity index (χ4n) is 2.95. The van der Waals surface area contributed by atoms with Gasteiger partial charge in [0.15, 0.2) is 5.16 Å². The fourth-order valence-corrected chi connectivity index (χ4v) is 4.26. The lowest BCUT2D eigenvalue weighted by Crippen LogP contribution is -2.26. The molecule has 1 saturated carbocycles. The number of hydrogen-bond acceptors (Lipinski definition) is 4. The molecule has 0 spiro atoms. The predicted molar refractivity (Wildman–Crippen MR) is 93.7 cm³/mol. The summed E-state index contributed by atoms with van der Waals surface area (Å²) >= 11 is 1.81. The van der Waals surface area contributed by atoms with E-state index in [9.17, 15) is 4.79 Å². The van der Waals surface area contributed by atoms with Crippen molar-refractivity contribution in [3.05, 3.63) is 24.3 Å². The van der Waals surface area contributed by atoms with Crippen LogP contribution in [0, 0.1) is 0 Å². The molecule has 1 aromatic heterocycles. The summed E-state index contributed by atoms with van der Waals surface area (Å²) in [6, 6.07) is 7.99. The largest absolute Gasteiger partial charge is 0.459 e. The molecule has 124 valence electrons. The van der Waals surface area contributed by atoms with Crippen molar-refractivity contribution in [2.24, 2.45) is 0 Å². The number of rotatable bonds is 4. The molecule has 0 amide bonds. The number of fused-ring (bicyclic) bond motifs is 1. The number of thioether (sulfide) groups is 1. The van der Waals surface area contributed by atoms with E-state index in [0.29, 0.717) is 5.25 Å². The molecule has 0 N–H and O–H groups in total. The van der Waals surface area contributed by atoms with Gasteiger partial charge in [-0.3, -0.25) is 4.79 Å². The molecule has 1 aliphatic rings. The Hall–Kier alpha value is -1.49. The van der Waals surface area contributed by atoms with Gasteiger partial charge in [0.05, 0.1) is 11.0 Å². The second-order valence-corrected chi connectivity index (χ2v) is 8.35. The quantitative estimate of drug-likeness (QED) is 0.778. The molecule has 0 bridgehead atoms. The van der Waals surface area contributed by atoms with E-state index < -0.39 is 5.60 Å². The van der Waals surface area contributed by atoms with Crippen LogP contribution in [0.1, 0.15) is 46.5 Å². The normalized spacial score (nSPS) is 16.1. The molecule has 23 heavy (non-hydrogen) atoms. The number of aromatic nitrogens is 2. The Kier molecular flexibility index (Phi) is 4.67. The molecule has 0 aliphatic heterocycles. The van der Waals surface area contributed by atoms with Crippen LogP contribution >= 0.6 is 11.8 Å². The molecule has 3 rings (SSSR count). The zero-order valence-corrected chi connectivity index (χ0v) is 14.9. The number of ether oxygens (including phenoxy) is 1. The van der Waals surface area contributed by atoms with Gasteiger partial charge < -0.3 is 9.30 Å². The molecule has 0 radical (unpaired) electrons. The Balaban J connectivity index is 1.87. The second-order valence-electron chi connectivity index (χ2n) is 7.08. The first-order valence-electron chi connectivity index (χ1n) is 8.26. The van der Waals surface area contributed by atoms with Crippen molar-refractivity contribution in [1.29, 1.82) is 0 Å². The molecule has 2 aromatic rings. The van der Waals surface area contributed by atoms with Gasteiger partial charge in [0, 0.05) is 5.25 Å². The van der Waals surface area contributed by atoms with Gasteiger partial charge in [0.25, 0.3) is 0 Å². The van der Waals surface area contributed by atoms with Crippen LogP contribution < -0.4 is 0 Å². The fraction of sp³-hybridized carbons (Fsp3) is 0.556. The Morgan fingerprint density at radius 2 is 2.00 bits per heavy atom. The van der Waals surface area contributed by atoms with Crippen LogP contribution in [-0.4, -0.2) is 26.4 Å². The summed E-state index contributed by atoms with van der Waals surface area (Å²) in [4.78, 5) is 17.0. The topological polar surface area (TPSA) is 44.1 Å². The van der Waals surface area contributed by atoms with E-state index in [2.05, 4.69) is 0 Å². The Morgan fingerprint density at radius 3 is 2.70 bits per heavy atom. The van der Waals surface area contributed by atoms with Crippen LogP contribution in [0.25, 0.3) is 11.0 Å². The van der Waals surface area contributed by atoms with Crippen molar-refractivity contribution in [3.8, 4) is 0 Å². The Morgan fingerprint density at radius 1 is 1.30 bits per heavy atom. The maximum Gasteiger partial charge on any atom is 0.326 e. The number of imidazole rings is 1. The maximum atomic E-state index is 12.3. The molecular formula is C18H24N2O2S. The molecule has 1 fully saturated rings. The maximum absolute atomic E-state index is 12.3. The van der Waals surface area contributed by atoms with Gasteiger partial charge in [0.1, 0.15) is 12.1 Å². The summed E-state index contributed by atoms with van der Waals surface area (Å²) in [7, 11) is 0. The Bertz CT molecular complexity index is 697. The van der Waals surface area contributed by atoms with Gasteiger partial charge in [-0.15, -0.1) is 0 Å². The summed E-state index contributed by atoms with van der Waals surface area (Å²) in [5, 5.41) is 1.55. The third kappa shape index (κ3) is 4.08. The average Bonchev–Trinajstić information content (AvgIpc) is 3.06. The number of para-hydroxylation sites is 2. The second kappa shape index (κ2) is 6.56. The zero-order chi connectivity index (χ0) is 16.4. The van der Waals surface area contributed by atoms with Crippen LogP contribution in [-0.2, 0) is 16.1 Å². The van der Waals surface area contributed by atoms with E-state index in [4.69, 9.17) is 9.72 Å². The van der Waals surface area contributed by atoms with Gasteiger partial charge in [0.2, 0.25) is 0 Å². The smallest absolute Gasteiger partial charge is 0.326 e. The lowest BCUT2D eigenvalue weighted by molar-refractivity contribution is -0.155. The first-order valence-corrected chi connectivity index (χ1v) is 9.14. The Labute approximate surface area is 141 Å². The van der Waals surface area contributed by atoms with E-state index in [1.807, 2.05) is 61.4 Å². The number of benzene rings is 1. The van der Waals surface area contributed by atoms with E-state index >= 15 is 0 Å². The zero-order valence-electron chi connectivity index (χ0n) is 14.0. The monoisotopic (exact) mass is 332 g/mol. The standard InChI is InChI=1S/C18H24N2O2S/c1-18(2,3)22-16(21)12-20-15-11-7-6-10-14(15)19-17(20)23-13-8-4-5-9-13/h6-7,10-11,13H,4-5,8-9,12H2,1-3H3. The SMILES string of the molecule is CC(C)(C)OC(=O)Cn1c(SC2CCCC2)nc2ccccc21. The first-order chi connectivity index (χ1) is 10.9.